The summed E-state index contributed by atoms with van der Waals surface area (Å²) < 4.78 is 10.5. The highest BCUT2D eigenvalue weighted by Gasteiger charge is 2.41. The summed E-state index contributed by atoms with van der Waals surface area (Å²) in [5.74, 6) is 0.130. The van der Waals surface area contributed by atoms with Crippen LogP contribution in [0.2, 0.25) is 0 Å². The van der Waals surface area contributed by atoms with Gasteiger partial charge in [-0.15, -0.1) is 0 Å². The van der Waals surface area contributed by atoms with E-state index < -0.39 is 11.4 Å². The molecule has 0 spiro atoms. The van der Waals surface area contributed by atoms with Crippen LogP contribution >= 0.6 is 0 Å². The fourth-order valence-electron chi connectivity index (χ4n) is 3.30. The summed E-state index contributed by atoms with van der Waals surface area (Å²) in [6.45, 7) is 2.72. The topological polar surface area (TPSA) is 59.0 Å². The van der Waals surface area contributed by atoms with E-state index in [1.54, 1.807) is 14.2 Å². The number of likely N-dealkylation sites (tertiary alicyclic amines) is 1. The van der Waals surface area contributed by atoms with Gasteiger partial charge < -0.3 is 14.6 Å². The van der Waals surface area contributed by atoms with Crippen molar-refractivity contribution in [3.8, 4) is 5.75 Å². The standard InChI is InChI=1S/C19H27NO4/c1-23-14-11-19(18(21)22)10-6-13-20(15-19)12-5-8-16-7-3-4-9-17(16)24-2/h3-5,7-9H,6,10-15H2,1-2H3,(H,21,22)/b8-5+/t19-/m1/s1. The average molecular weight is 333 g/mol. The monoisotopic (exact) mass is 333 g/mol. The Labute approximate surface area is 143 Å². The largest absolute Gasteiger partial charge is 0.496 e. The number of carbonyl (C=O) groups is 1. The molecule has 5 heteroatoms. The predicted molar refractivity (Wildman–Crippen MR) is 94.3 cm³/mol. The molecule has 0 bridgehead atoms. The van der Waals surface area contributed by atoms with Gasteiger partial charge in [0.25, 0.3) is 0 Å². The Morgan fingerprint density at radius 1 is 1.38 bits per heavy atom. The molecule has 0 aliphatic carbocycles. The highest BCUT2D eigenvalue weighted by molar-refractivity contribution is 5.75. The van der Waals surface area contributed by atoms with Gasteiger partial charge in [0.1, 0.15) is 5.75 Å². The number of piperidine rings is 1. The van der Waals surface area contributed by atoms with Crippen LogP contribution in [0.1, 0.15) is 24.8 Å². The zero-order chi connectivity index (χ0) is 17.4. The minimum Gasteiger partial charge on any atom is -0.496 e. The summed E-state index contributed by atoms with van der Waals surface area (Å²) in [4.78, 5) is 14.0. The van der Waals surface area contributed by atoms with E-state index in [1.807, 2.05) is 30.3 Å². The molecule has 1 aromatic rings. The molecule has 0 amide bonds. The lowest BCUT2D eigenvalue weighted by Crippen LogP contribution is -2.48. The average Bonchev–Trinajstić information content (AvgIpc) is 2.60. The Morgan fingerprint density at radius 3 is 2.88 bits per heavy atom. The van der Waals surface area contributed by atoms with Crippen LogP contribution in [0.15, 0.2) is 30.3 Å². The fourth-order valence-corrected chi connectivity index (χ4v) is 3.30. The SMILES string of the molecule is COCC[C@]1(C(=O)O)CCCN(C/C=C/c2ccccc2OC)C1. The molecule has 1 aliphatic rings. The molecule has 0 saturated carbocycles. The van der Waals surface area contributed by atoms with Crippen LogP contribution in [-0.4, -0.2) is 56.4 Å². The van der Waals surface area contributed by atoms with E-state index in [-0.39, 0.29) is 0 Å². The molecule has 24 heavy (non-hydrogen) atoms. The minimum absolute atomic E-state index is 0.483. The molecule has 1 fully saturated rings. The van der Waals surface area contributed by atoms with Crippen LogP contribution in [0.25, 0.3) is 6.08 Å². The summed E-state index contributed by atoms with van der Waals surface area (Å²) in [6.07, 6.45) is 6.29. The third-order valence-corrected chi connectivity index (χ3v) is 4.69. The van der Waals surface area contributed by atoms with E-state index in [0.717, 1.165) is 37.2 Å². The van der Waals surface area contributed by atoms with Gasteiger partial charge in [0.2, 0.25) is 0 Å². The zero-order valence-electron chi connectivity index (χ0n) is 14.5. The summed E-state index contributed by atoms with van der Waals surface area (Å²) in [7, 11) is 3.28. The first-order valence-corrected chi connectivity index (χ1v) is 8.35. The van der Waals surface area contributed by atoms with Crippen molar-refractivity contribution >= 4 is 12.0 Å². The molecule has 0 radical (unpaired) electrons. The quantitative estimate of drug-likeness (QED) is 0.793. The molecule has 1 heterocycles. The lowest BCUT2D eigenvalue weighted by Gasteiger charge is -2.39. The first kappa shape index (κ1) is 18.5. The summed E-state index contributed by atoms with van der Waals surface area (Å²) >= 11 is 0. The van der Waals surface area contributed by atoms with Crippen molar-refractivity contribution in [1.29, 1.82) is 0 Å². The van der Waals surface area contributed by atoms with Crippen molar-refractivity contribution in [3.05, 3.63) is 35.9 Å². The molecule has 132 valence electrons. The molecule has 0 aromatic heterocycles. The van der Waals surface area contributed by atoms with E-state index in [0.29, 0.717) is 19.6 Å². The Kier molecular flexibility index (Phi) is 6.82. The molecule has 0 unspecified atom stereocenters. The van der Waals surface area contributed by atoms with Crippen molar-refractivity contribution < 1.29 is 19.4 Å². The first-order chi connectivity index (χ1) is 11.6. The highest BCUT2D eigenvalue weighted by Crippen LogP contribution is 2.34. The second-order valence-corrected chi connectivity index (χ2v) is 6.31. The normalized spacial score (nSPS) is 21.9. The number of ether oxygens (including phenoxy) is 2. The van der Waals surface area contributed by atoms with E-state index in [1.165, 1.54) is 0 Å². The fraction of sp³-hybridized carbons (Fsp3) is 0.526. The van der Waals surface area contributed by atoms with Crippen LogP contribution in [0.3, 0.4) is 0 Å². The molecule has 5 nitrogen and oxygen atoms in total. The molecule has 2 rings (SSSR count). The van der Waals surface area contributed by atoms with Crippen LogP contribution < -0.4 is 4.74 Å². The van der Waals surface area contributed by atoms with Gasteiger partial charge in [-0.05, 0) is 31.9 Å². The van der Waals surface area contributed by atoms with E-state index in [2.05, 4.69) is 11.0 Å². The maximum atomic E-state index is 11.8. The Morgan fingerprint density at radius 2 is 2.17 bits per heavy atom. The number of rotatable bonds is 8. The number of hydrogen-bond acceptors (Lipinski definition) is 4. The van der Waals surface area contributed by atoms with Crippen molar-refractivity contribution in [2.75, 3.05) is 40.5 Å². The molecule has 1 saturated heterocycles. The third-order valence-electron chi connectivity index (χ3n) is 4.69. The van der Waals surface area contributed by atoms with Gasteiger partial charge in [-0.3, -0.25) is 9.69 Å². The molecule has 1 atom stereocenters. The van der Waals surface area contributed by atoms with Gasteiger partial charge in [0.05, 0.1) is 12.5 Å². The smallest absolute Gasteiger partial charge is 0.311 e. The molecular formula is C19H27NO4. The number of benzene rings is 1. The number of hydrogen-bond donors (Lipinski definition) is 1. The van der Waals surface area contributed by atoms with Crippen LogP contribution in [-0.2, 0) is 9.53 Å². The highest BCUT2D eigenvalue weighted by atomic mass is 16.5. The Balaban J connectivity index is 1.99. The predicted octanol–water partition coefficient (Wildman–Crippen LogP) is 2.91. The van der Waals surface area contributed by atoms with Crippen LogP contribution in [0.4, 0.5) is 0 Å². The number of carboxylic acid groups (broad SMARTS) is 1. The Hall–Kier alpha value is -1.85. The van der Waals surface area contributed by atoms with Gasteiger partial charge in [0, 0.05) is 32.4 Å². The molecular weight excluding hydrogens is 306 g/mol. The number of nitrogens with zero attached hydrogens (tertiary/aromatic N) is 1. The van der Waals surface area contributed by atoms with Crippen molar-refractivity contribution in [3.63, 3.8) is 0 Å². The molecule has 1 aromatic carbocycles. The van der Waals surface area contributed by atoms with Crippen molar-refractivity contribution in [2.24, 2.45) is 5.41 Å². The summed E-state index contributed by atoms with van der Waals surface area (Å²) in [6, 6.07) is 7.85. The summed E-state index contributed by atoms with van der Waals surface area (Å²) in [5, 5.41) is 9.69. The van der Waals surface area contributed by atoms with E-state index >= 15 is 0 Å². The lowest BCUT2D eigenvalue weighted by molar-refractivity contribution is -0.154. The zero-order valence-corrected chi connectivity index (χ0v) is 14.5. The van der Waals surface area contributed by atoms with Crippen molar-refractivity contribution in [2.45, 2.75) is 19.3 Å². The third kappa shape index (κ3) is 4.58. The lowest BCUT2D eigenvalue weighted by atomic mass is 9.77. The number of carboxylic acids is 1. The number of methoxy groups -OCH3 is 2. The number of para-hydroxylation sites is 1. The molecule has 1 aliphatic heterocycles. The van der Waals surface area contributed by atoms with Crippen LogP contribution in [0, 0.1) is 5.41 Å². The first-order valence-electron chi connectivity index (χ1n) is 8.35. The van der Waals surface area contributed by atoms with Crippen molar-refractivity contribution in [1.82, 2.24) is 4.90 Å². The van der Waals surface area contributed by atoms with Gasteiger partial charge in [-0.1, -0.05) is 30.4 Å². The van der Waals surface area contributed by atoms with E-state index in [4.69, 9.17) is 9.47 Å². The van der Waals surface area contributed by atoms with Gasteiger partial charge in [-0.25, -0.2) is 0 Å². The summed E-state index contributed by atoms with van der Waals surface area (Å²) in [5.41, 5.74) is 0.341. The van der Waals surface area contributed by atoms with Gasteiger partial charge in [0.15, 0.2) is 0 Å². The number of aliphatic carboxylic acids is 1. The minimum atomic E-state index is -0.710. The maximum absolute atomic E-state index is 11.8. The molecule has 1 N–H and O–H groups in total. The van der Waals surface area contributed by atoms with Gasteiger partial charge in [-0.2, -0.15) is 0 Å². The Bertz CT molecular complexity index is 572. The van der Waals surface area contributed by atoms with Crippen LogP contribution in [0.5, 0.6) is 5.75 Å². The van der Waals surface area contributed by atoms with E-state index in [9.17, 15) is 9.90 Å². The second-order valence-electron chi connectivity index (χ2n) is 6.31. The van der Waals surface area contributed by atoms with Gasteiger partial charge >= 0.3 is 5.97 Å². The second kappa shape index (κ2) is 8.85. The maximum Gasteiger partial charge on any atom is 0.311 e.